The molecular weight excluding hydrogens is 422 g/mol. The number of hydrogen-bond donors (Lipinski definition) is 0. The highest BCUT2D eigenvalue weighted by Crippen LogP contribution is 2.23. The molecule has 0 amide bonds. The van der Waals surface area contributed by atoms with Gasteiger partial charge in [0.2, 0.25) is 0 Å². The van der Waals surface area contributed by atoms with Gasteiger partial charge in [-0.1, -0.05) is 155 Å². The zero-order valence-corrected chi connectivity index (χ0v) is 26.0. The fourth-order valence-corrected chi connectivity index (χ4v) is 5.66. The molecule has 0 radical (unpaired) electrons. The van der Waals surface area contributed by atoms with Gasteiger partial charge in [-0.05, 0) is 39.5 Å². The summed E-state index contributed by atoms with van der Waals surface area (Å²) >= 11 is 0. The molecule has 0 aromatic carbocycles. The van der Waals surface area contributed by atoms with E-state index in [2.05, 4.69) is 41.8 Å². The first-order valence-corrected chi connectivity index (χ1v) is 16.8. The van der Waals surface area contributed by atoms with Crippen molar-refractivity contribution < 1.29 is 4.48 Å². The standard InChI is InChI=1S/C34H72N/c1-7-9-11-13-15-17-19-21-23-25-27-29-31-33(3)35(5,6)34(4)32-30-28-26-24-22-20-18-16-14-12-10-8-2/h33-34H,7-32H2,1-6H3/q+1. The van der Waals surface area contributed by atoms with Crippen LogP contribution in [0.3, 0.4) is 0 Å². The number of unbranched alkanes of at least 4 members (excludes halogenated alkanes) is 22. The Hall–Kier alpha value is -0.0400. The van der Waals surface area contributed by atoms with Crippen molar-refractivity contribution in [3.8, 4) is 0 Å². The van der Waals surface area contributed by atoms with Crippen molar-refractivity contribution in [3.63, 3.8) is 0 Å². The van der Waals surface area contributed by atoms with Crippen molar-refractivity contribution in [2.24, 2.45) is 0 Å². The third-order valence-corrected chi connectivity index (χ3v) is 9.22. The SMILES string of the molecule is CCCCCCCCCCCCCCC(C)[N+](C)(C)C(C)CCCCCCCCCCCCCC. The van der Waals surface area contributed by atoms with E-state index in [1.165, 1.54) is 171 Å². The van der Waals surface area contributed by atoms with Crippen LogP contribution in [-0.2, 0) is 0 Å². The highest BCUT2D eigenvalue weighted by Gasteiger charge is 2.29. The van der Waals surface area contributed by atoms with Crippen LogP contribution in [0.4, 0.5) is 0 Å². The Balaban J connectivity index is 3.60. The molecule has 0 saturated carbocycles. The van der Waals surface area contributed by atoms with Crippen molar-refractivity contribution in [2.45, 2.75) is 207 Å². The number of nitrogens with zero attached hydrogens (tertiary/aromatic N) is 1. The van der Waals surface area contributed by atoms with Gasteiger partial charge in [-0.15, -0.1) is 0 Å². The molecule has 1 nitrogen and oxygen atoms in total. The van der Waals surface area contributed by atoms with E-state index in [0.717, 1.165) is 12.1 Å². The average molecular weight is 495 g/mol. The zero-order chi connectivity index (χ0) is 26.0. The van der Waals surface area contributed by atoms with E-state index < -0.39 is 0 Å². The molecule has 0 aromatic rings. The number of quaternary nitrogens is 1. The minimum Gasteiger partial charge on any atom is -0.324 e. The van der Waals surface area contributed by atoms with E-state index in [9.17, 15) is 0 Å². The second-order valence-corrected chi connectivity index (χ2v) is 12.7. The monoisotopic (exact) mass is 495 g/mol. The van der Waals surface area contributed by atoms with Crippen LogP contribution in [0.25, 0.3) is 0 Å². The Bertz CT molecular complexity index is 365. The fraction of sp³-hybridized carbons (Fsp3) is 1.00. The Morgan fingerprint density at radius 3 is 0.771 bits per heavy atom. The van der Waals surface area contributed by atoms with E-state index in [1.54, 1.807) is 0 Å². The highest BCUT2D eigenvalue weighted by atomic mass is 15.3. The first-order chi connectivity index (χ1) is 17.0. The summed E-state index contributed by atoms with van der Waals surface area (Å²) in [5.74, 6) is 0. The molecule has 0 heterocycles. The number of hydrogen-bond acceptors (Lipinski definition) is 0. The predicted molar refractivity (Wildman–Crippen MR) is 162 cm³/mol. The van der Waals surface area contributed by atoms with E-state index in [1.807, 2.05) is 0 Å². The van der Waals surface area contributed by atoms with E-state index in [0.29, 0.717) is 0 Å². The summed E-state index contributed by atoms with van der Waals surface area (Å²) in [4.78, 5) is 0. The van der Waals surface area contributed by atoms with Gasteiger partial charge in [0, 0.05) is 0 Å². The first kappa shape index (κ1) is 35.0. The normalized spacial score (nSPS) is 13.9. The fourth-order valence-electron chi connectivity index (χ4n) is 5.66. The molecule has 35 heavy (non-hydrogen) atoms. The molecule has 1 heteroatoms. The molecule has 2 unspecified atom stereocenters. The van der Waals surface area contributed by atoms with Crippen LogP contribution in [0.1, 0.15) is 195 Å². The van der Waals surface area contributed by atoms with Crippen LogP contribution in [0, 0.1) is 0 Å². The third-order valence-electron chi connectivity index (χ3n) is 9.22. The Morgan fingerprint density at radius 2 is 0.543 bits per heavy atom. The molecule has 0 aliphatic carbocycles. The molecule has 212 valence electrons. The second kappa shape index (κ2) is 25.6. The van der Waals surface area contributed by atoms with Crippen molar-refractivity contribution in [2.75, 3.05) is 14.1 Å². The van der Waals surface area contributed by atoms with Crippen LogP contribution >= 0.6 is 0 Å². The van der Waals surface area contributed by atoms with Crippen LogP contribution in [-0.4, -0.2) is 30.7 Å². The van der Waals surface area contributed by atoms with Crippen LogP contribution < -0.4 is 0 Å². The topological polar surface area (TPSA) is 0 Å². The Morgan fingerprint density at radius 1 is 0.343 bits per heavy atom. The van der Waals surface area contributed by atoms with Crippen LogP contribution in [0.5, 0.6) is 0 Å². The molecule has 0 rings (SSSR count). The molecular formula is C34H72N+. The summed E-state index contributed by atoms with van der Waals surface area (Å²) < 4.78 is 1.22. The quantitative estimate of drug-likeness (QED) is 0.0749. The van der Waals surface area contributed by atoms with Crippen LogP contribution in [0.2, 0.25) is 0 Å². The summed E-state index contributed by atoms with van der Waals surface area (Å²) in [6.07, 6.45) is 37.7. The predicted octanol–water partition coefficient (Wildman–Crippen LogP) is 12.0. The third kappa shape index (κ3) is 21.7. The van der Waals surface area contributed by atoms with Crippen molar-refractivity contribution in [3.05, 3.63) is 0 Å². The van der Waals surface area contributed by atoms with Gasteiger partial charge in [0.05, 0.1) is 26.2 Å². The number of rotatable bonds is 28. The lowest BCUT2D eigenvalue weighted by atomic mass is 9.99. The lowest BCUT2D eigenvalue weighted by molar-refractivity contribution is -0.935. The molecule has 0 N–H and O–H groups in total. The Kier molecular flexibility index (Phi) is 25.6. The lowest BCUT2D eigenvalue weighted by Gasteiger charge is -2.42. The van der Waals surface area contributed by atoms with E-state index in [-0.39, 0.29) is 0 Å². The van der Waals surface area contributed by atoms with Gasteiger partial charge in [-0.25, -0.2) is 0 Å². The van der Waals surface area contributed by atoms with Gasteiger partial charge >= 0.3 is 0 Å². The first-order valence-electron chi connectivity index (χ1n) is 16.8. The van der Waals surface area contributed by atoms with E-state index >= 15 is 0 Å². The molecule has 0 bridgehead atoms. The van der Waals surface area contributed by atoms with Gasteiger partial charge in [0.25, 0.3) is 0 Å². The molecule has 0 spiro atoms. The van der Waals surface area contributed by atoms with E-state index in [4.69, 9.17) is 0 Å². The molecule has 0 saturated heterocycles. The average Bonchev–Trinajstić information content (AvgIpc) is 2.85. The van der Waals surface area contributed by atoms with Crippen LogP contribution in [0.15, 0.2) is 0 Å². The summed E-state index contributed by atoms with van der Waals surface area (Å²) in [6.45, 7) is 9.64. The molecule has 2 atom stereocenters. The van der Waals surface area contributed by atoms with Gasteiger partial charge in [0.1, 0.15) is 0 Å². The minimum atomic E-state index is 0.797. The molecule has 0 aliphatic rings. The minimum absolute atomic E-state index is 0.797. The maximum absolute atomic E-state index is 2.51. The van der Waals surface area contributed by atoms with Crippen molar-refractivity contribution in [1.82, 2.24) is 0 Å². The van der Waals surface area contributed by atoms with Gasteiger partial charge in [-0.3, -0.25) is 0 Å². The lowest BCUT2D eigenvalue weighted by Crippen LogP contribution is -2.53. The largest absolute Gasteiger partial charge is 0.324 e. The maximum atomic E-state index is 2.51. The van der Waals surface area contributed by atoms with Gasteiger partial charge in [0.15, 0.2) is 0 Å². The van der Waals surface area contributed by atoms with Crippen molar-refractivity contribution in [1.29, 1.82) is 0 Å². The smallest absolute Gasteiger partial charge is 0.0859 e. The van der Waals surface area contributed by atoms with Gasteiger partial charge < -0.3 is 4.48 Å². The maximum Gasteiger partial charge on any atom is 0.0859 e. The second-order valence-electron chi connectivity index (χ2n) is 12.7. The zero-order valence-electron chi connectivity index (χ0n) is 26.0. The summed E-state index contributed by atoms with van der Waals surface area (Å²) in [5.41, 5.74) is 0. The summed E-state index contributed by atoms with van der Waals surface area (Å²) in [7, 11) is 4.99. The molecule has 0 aromatic heterocycles. The summed E-state index contributed by atoms with van der Waals surface area (Å²) in [5, 5.41) is 0. The van der Waals surface area contributed by atoms with Crippen molar-refractivity contribution >= 4 is 0 Å². The molecule has 0 fully saturated rings. The Labute approximate surface area is 225 Å². The summed E-state index contributed by atoms with van der Waals surface area (Å²) in [6, 6.07) is 1.59. The van der Waals surface area contributed by atoms with Gasteiger partial charge in [-0.2, -0.15) is 0 Å². The molecule has 0 aliphatic heterocycles. The highest BCUT2D eigenvalue weighted by molar-refractivity contribution is 4.60.